The number of benzene rings is 2. The summed E-state index contributed by atoms with van der Waals surface area (Å²) in [7, 11) is 0. The largest absolute Gasteiger partial charge is 0.396 e. The van der Waals surface area contributed by atoms with Crippen molar-refractivity contribution >= 4 is 0 Å². The maximum Gasteiger partial charge on any atom is 0.0616 e. The van der Waals surface area contributed by atoms with Crippen LogP contribution in [0.15, 0.2) is 54.6 Å². The van der Waals surface area contributed by atoms with Gasteiger partial charge in [-0.25, -0.2) is 12.2 Å². The second kappa shape index (κ2) is 10.8. The van der Waals surface area contributed by atoms with Gasteiger partial charge in [0.1, 0.15) is 0 Å². The van der Waals surface area contributed by atoms with E-state index in [0.29, 0.717) is 17.0 Å². The quantitative estimate of drug-likeness (QED) is 0.680. The van der Waals surface area contributed by atoms with Crippen LogP contribution in [-0.2, 0) is 39.1 Å². The van der Waals surface area contributed by atoms with E-state index in [2.05, 4.69) is 24.2 Å². The molecule has 0 saturated heterocycles. The Labute approximate surface area is 174 Å². The first kappa shape index (κ1) is 21.1. The summed E-state index contributed by atoms with van der Waals surface area (Å²) in [5.41, 5.74) is 4.00. The first-order valence-corrected chi connectivity index (χ1v) is 7.60. The molecule has 0 aliphatic heterocycles. The number of nitrogens with zero attached hydrogens (tertiary/aromatic N) is 3. The maximum absolute atomic E-state index is 8.92. The predicted molar refractivity (Wildman–Crippen MR) is 93.5 cm³/mol. The number of aromatic nitrogens is 2. The van der Waals surface area contributed by atoms with E-state index in [0.717, 1.165) is 17.7 Å². The number of nitriles is 1. The van der Waals surface area contributed by atoms with Crippen molar-refractivity contribution in [3.05, 3.63) is 90.1 Å². The Hall–Kier alpha value is -1.93. The fourth-order valence-corrected chi connectivity index (χ4v) is 2.22. The van der Waals surface area contributed by atoms with Gasteiger partial charge in [-0.2, -0.15) is 41.0 Å². The minimum atomic E-state index is 0. The average Bonchev–Trinajstić information content (AvgIpc) is 2.91. The fraction of sp³-hybridized carbons (Fsp3) is 0.150. The van der Waals surface area contributed by atoms with Gasteiger partial charge in [0, 0.05) is 45.4 Å². The van der Waals surface area contributed by atoms with Crippen LogP contribution in [0.25, 0.3) is 5.69 Å². The van der Waals surface area contributed by atoms with Crippen LogP contribution in [0, 0.1) is 31.2 Å². The van der Waals surface area contributed by atoms with Crippen LogP contribution >= 0.6 is 0 Å². The summed E-state index contributed by atoms with van der Waals surface area (Å²) in [5, 5.41) is 21.7. The van der Waals surface area contributed by atoms with E-state index >= 15 is 0 Å². The molecule has 1 radical (unpaired) electrons. The molecular weight excluding hydrogens is 387 g/mol. The van der Waals surface area contributed by atoms with Crippen molar-refractivity contribution in [3.8, 4) is 11.8 Å². The van der Waals surface area contributed by atoms with Crippen molar-refractivity contribution in [1.82, 2.24) is 9.78 Å². The summed E-state index contributed by atoms with van der Waals surface area (Å²) in [5.74, 6) is 0. The van der Waals surface area contributed by atoms with Crippen LogP contribution in [0.5, 0.6) is 0 Å². The smallest absolute Gasteiger partial charge is 0.0616 e. The van der Waals surface area contributed by atoms with Crippen molar-refractivity contribution < 1.29 is 37.8 Å². The van der Waals surface area contributed by atoms with Crippen LogP contribution < -0.4 is 0 Å². The van der Waals surface area contributed by atoms with E-state index in [9.17, 15) is 0 Å². The molecule has 1 N–H and O–H groups in total. The number of hydrogen-bond donors (Lipinski definition) is 1. The molecule has 2 aromatic carbocycles. The van der Waals surface area contributed by atoms with E-state index in [1.165, 1.54) is 0 Å². The normalized spacial score (nSPS) is 9.32. The third-order valence-electron chi connectivity index (χ3n) is 3.46. The zero-order valence-corrected chi connectivity index (χ0v) is 17.0. The topological polar surface area (TPSA) is 61.8 Å². The standard InChI is InChI=1S/C12H10N3.C8H9O.Y/c1-9-12(8-13)10(2)15(14-9)11-6-4-3-5-7-11;9-7-6-8-4-2-1-3-5-8;/h3-7H,2H2,1H3;2-5,9H,6-7H2;/q2*-1;. The van der Waals surface area contributed by atoms with Crippen LogP contribution in [0.3, 0.4) is 0 Å². The molecule has 3 rings (SSSR count). The van der Waals surface area contributed by atoms with Crippen LogP contribution in [0.1, 0.15) is 22.5 Å². The van der Waals surface area contributed by atoms with E-state index in [1.54, 1.807) is 4.68 Å². The molecule has 0 aliphatic rings. The van der Waals surface area contributed by atoms with E-state index in [1.807, 2.05) is 61.5 Å². The molecule has 0 atom stereocenters. The van der Waals surface area contributed by atoms with Gasteiger partial charge in [-0.3, -0.25) is 4.68 Å². The van der Waals surface area contributed by atoms with Gasteiger partial charge in [-0.15, -0.1) is 0 Å². The van der Waals surface area contributed by atoms with E-state index in [-0.39, 0.29) is 39.3 Å². The number of aliphatic hydroxyl groups excluding tert-OH is 1. The van der Waals surface area contributed by atoms with Gasteiger partial charge in [-0.1, -0.05) is 29.5 Å². The molecule has 0 aliphatic carbocycles. The average molecular weight is 406 g/mol. The molecular formula is C20H19N3OY-2. The molecule has 1 heterocycles. The molecule has 0 unspecified atom stereocenters. The number of hydrogen-bond acceptors (Lipinski definition) is 3. The number of para-hydroxylation sites is 1. The molecule has 3 aromatic rings. The first-order valence-electron chi connectivity index (χ1n) is 7.60. The predicted octanol–water partition coefficient (Wildman–Crippen LogP) is 3.25. The molecule has 0 spiro atoms. The van der Waals surface area contributed by atoms with E-state index in [4.69, 9.17) is 10.4 Å². The first-order chi connectivity index (χ1) is 11.7. The SMILES string of the molecule is OCCc1cc[c-]cc1.[CH2-]c1c(C#N)c(C)nn1-c1ccccc1.[Y]. The Morgan fingerprint density at radius 3 is 2.36 bits per heavy atom. The summed E-state index contributed by atoms with van der Waals surface area (Å²) in [4.78, 5) is 0. The number of aryl methyl sites for hydroxylation is 1. The second-order valence-electron chi connectivity index (χ2n) is 5.15. The fourth-order valence-electron chi connectivity index (χ4n) is 2.22. The Balaban J connectivity index is 0.000000270. The van der Waals surface area contributed by atoms with Crippen molar-refractivity contribution in [1.29, 1.82) is 5.26 Å². The summed E-state index contributed by atoms with van der Waals surface area (Å²) in [6.45, 7) is 5.90. The van der Waals surface area contributed by atoms with Gasteiger partial charge in [0.25, 0.3) is 0 Å². The number of aliphatic hydroxyl groups is 1. The van der Waals surface area contributed by atoms with Gasteiger partial charge >= 0.3 is 0 Å². The molecule has 0 amide bonds. The molecule has 1 aromatic heterocycles. The van der Waals surface area contributed by atoms with Crippen LogP contribution in [-0.4, -0.2) is 21.5 Å². The molecule has 5 heteroatoms. The Morgan fingerprint density at radius 1 is 1.20 bits per heavy atom. The van der Waals surface area contributed by atoms with Gasteiger partial charge in [0.05, 0.1) is 5.69 Å². The summed E-state index contributed by atoms with van der Waals surface area (Å²) in [6, 6.07) is 22.3. The molecule has 0 bridgehead atoms. The van der Waals surface area contributed by atoms with Gasteiger partial charge in [0.15, 0.2) is 0 Å². The van der Waals surface area contributed by atoms with Gasteiger partial charge in [0.2, 0.25) is 0 Å². The van der Waals surface area contributed by atoms with Crippen molar-refractivity contribution in [2.24, 2.45) is 0 Å². The monoisotopic (exact) mass is 406 g/mol. The molecule has 0 fully saturated rings. The Morgan fingerprint density at radius 2 is 1.84 bits per heavy atom. The minimum Gasteiger partial charge on any atom is -0.396 e. The molecule has 0 saturated carbocycles. The summed E-state index contributed by atoms with van der Waals surface area (Å²) >= 11 is 0. The zero-order valence-electron chi connectivity index (χ0n) is 14.2. The summed E-state index contributed by atoms with van der Waals surface area (Å²) < 4.78 is 1.69. The zero-order chi connectivity index (χ0) is 17.4. The van der Waals surface area contributed by atoms with Crippen LogP contribution in [0.2, 0.25) is 0 Å². The van der Waals surface area contributed by atoms with Crippen LogP contribution in [0.4, 0.5) is 0 Å². The molecule has 125 valence electrons. The minimum absolute atomic E-state index is 0. The Kier molecular flexibility index (Phi) is 9.16. The van der Waals surface area contributed by atoms with Gasteiger partial charge < -0.3 is 5.11 Å². The second-order valence-corrected chi connectivity index (χ2v) is 5.15. The number of rotatable bonds is 3. The Bertz CT molecular complexity index is 808. The molecule has 4 nitrogen and oxygen atoms in total. The third-order valence-corrected chi connectivity index (χ3v) is 3.46. The van der Waals surface area contributed by atoms with Crippen molar-refractivity contribution in [2.45, 2.75) is 13.3 Å². The summed E-state index contributed by atoms with van der Waals surface area (Å²) in [6.07, 6.45) is 0.745. The van der Waals surface area contributed by atoms with Crippen molar-refractivity contribution in [3.63, 3.8) is 0 Å². The van der Waals surface area contributed by atoms with Gasteiger partial charge in [-0.05, 0) is 31.2 Å². The molecule has 25 heavy (non-hydrogen) atoms. The third kappa shape index (κ3) is 5.83. The maximum atomic E-state index is 8.92. The van der Waals surface area contributed by atoms with Crippen molar-refractivity contribution in [2.75, 3.05) is 6.61 Å². The van der Waals surface area contributed by atoms with E-state index < -0.39 is 0 Å².